The van der Waals surface area contributed by atoms with E-state index in [9.17, 15) is 4.57 Å². The Balaban J connectivity index is 3.71. The highest BCUT2D eigenvalue weighted by Crippen LogP contribution is 2.48. The molecule has 0 atom stereocenters. The molecule has 5 heteroatoms. The minimum atomic E-state index is -2.78. The zero-order valence-electron chi connectivity index (χ0n) is 9.71. The van der Waals surface area contributed by atoms with Crippen molar-refractivity contribution in [2.75, 3.05) is 24.7 Å². The second-order valence-corrected chi connectivity index (χ2v) is 6.25. The molecule has 92 valence electrons. The molecule has 3 nitrogen and oxygen atoms in total. The lowest BCUT2D eigenvalue weighted by Gasteiger charge is -2.16. The van der Waals surface area contributed by atoms with Gasteiger partial charge in [0.05, 0.1) is 19.4 Å². The van der Waals surface area contributed by atoms with Crippen LogP contribution in [0.5, 0.6) is 0 Å². The van der Waals surface area contributed by atoms with Crippen LogP contribution < -0.4 is 0 Å². The Morgan fingerprint density at radius 3 is 2.00 bits per heavy atom. The molecule has 15 heavy (non-hydrogen) atoms. The average Bonchev–Trinajstić information content (AvgIpc) is 2.18. The highest BCUT2D eigenvalue weighted by Gasteiger charge is 2.22. The van der Waals surface area contributed by atoms with Crippen LogP contribution in [0.1, 0.15) is 39.5 Å². The fraction of sp³-hybridized carbons (Fsp3) is 1.00. The Labute approximate surface area is 102 Å². The summed E-state index contributed by atoms with van der Waals surface area (Å²) in [6.07, 6.45) is 4.91. The molecular formula is C10H22BrO3P. The number of hydrogen-bond donors (Lipinski definition) is 0. The summed E-state index contributed by atoms with van der Waals surface area (Å²) >= 11 is 3.39. The van der Waals surface area contributed by atoms with Gasteiger partial charge in [-0.15, -0.1) is 0 Å². The fourth-order valence-electron chi connectivity index (χ4n) is 1.31. The van der Waals surface area contributed by atoms with Crippen LogP contribution in [0, 0.1) is 0 Å². The van der Waals surface area contributed by atoms with Crippen LogP contribution in [0.4, 0.5) is 0 Å². The third-order valence-electron chi connectivity index (χ3n) is 1.97. The van der Waals surface area contributed by atoms with Crippen molar-refractivity contribution >= 4 is 23.5 Å². The number of hydrogen-bond acceptors (Lipinski definition) is 3. The second-order valence-electron chi connectivity index (χ2n) is 3.27. The minimum absolute atomic E-state index is 0.457. The molecule has 0 radical (unpaired) electrons. The number of rotatable bonds is 10. The third kappa shape index (κ3) is 8.44. The molecule has 0 N–H and O–H groups in total. The molecule has 0 aromatic carbocycles. The normalized spacial score (nSPS) is 11.9. The Kier molecular flexibility index (Phi) is 10.2. The first-order chi connectivity index (χ1) is 7.18. The first-order valence-corrected chi connectivity index (χ1v) is 8.47. The molecule has 0 saturated carbocycles. The molecule has 0 aliphatic rings. The predicted octanol–water partition coefficient (Wildman–Crippen LogP) is 4.21. The summed E-state index contributed by atoms with van der Waals surface area (Å²) in [5, 5.41) is 1.04. The van der Waals surface area contributed by atoms with Gasteiger partial charge in [0.15, 0.2) is 0 Å². The van der Waals surface area contributed by atoms with Crippen molar-refractivity contribution in [3.05, 3.63) is 0 Å². The van der Waals surface area contributed by atoms with Gasteiger partial charge in [0, 0.05) is 5.33 Å². The van der Waals surface area contributed by atoms with Crippen molar-refractivity contribution < 1.29 is 13.6 Å². The molecule has 0 spiro atoms. The molecule has 0 aromatic rings. The summed E-state index contributed by atoms with van der Waals surface area (Å²) in [7, 11) is -2.78. The predicted molar refractivity (Wildman–Crippen MR) is 68.0 cm³/mol. The Morgan fingerprint density at radius 1 is 1.00 bits per heavy atom. The topological polar surface area (TPSA) is 35.5 Å². The van der Waals surface area contributed by atoms with Gasteiger partial charge in [0.2, 0.25) is 0 Å². The summed E-state index contributed by atoms with van der Waals surface area (Å²) in [5.74, 6) is 0. The van der Waals surface area contributed by atoms with E-state index in [2.05, 4.69) is 15.9 Å². The molecule has 0 saturated heterocycles. The van der Waals surface area contributed by atoms with Crippen LogP contribution in [0.3, 0.4) is 0 Å². The van der Waals surface area contributed by atoms with Gasteiger partial charge >= 0.3 is 7.60 Å². The molecule has 0 unspecified atom stereocenters. The average molecular weight is 301 g/mol. The van der Waals surface area contributed by atoms with E-state index < -0.39 is 7.60 Å². The van der Waals surface area contributed by atoms with Gasteiger partial charge in [-0.05, 0) is 26.7 Å². The lowest BCUT2D eigenvalue weighted by molar-refractivity contribution is 0.219. The number of unbranched alkanes of at least 4 members (excludes halogenated alkanes) is 3. The number of alkyl halides is 1. The van der Waals surface area contributed by atoms with E-state index in [4.69, 9.17) is 9.05 Å². The maximum atomic E-state index is 12.0. The van der Waals surface area contributed by atoms with Crippen molar-refractivity contribution in [1.82, 2.24) is 0 Å². The standard InChI is InChI=1S/C10H22BrO3P/c1-3-13-15(12,14-4-2)10-8-6-5-7-9-11/h3-10H2,1-2H3. The van der Waals surface area contributed by atoms with Crippen LogP contribution in [-0.4, -0.2) is 24.7 Å². The van der Waals surface area contributed by atoms with E-state index in [0.29, 0.717) is 19.4 Å². The lowest BCUT2D eigenvalue weighted by atomic mass is 10.2. The van der Waals surface area contributed by atoms with Gasteiger partial charge in [-0.25, -0.2) is 0 Å². The van der Waals surface area contributed by atoms with Crippen molar-refractivity contribution in [1.29, 1.82) is 0 Å². The molecule has 0 aromatic heterocycles. The monoisotopic (exact) mass is 300 g/mol. The Hall–Kier alpha value is 0.630. The van der Waals surface area contributed by atoms with Crippen molar-refractivity contribution in [3.63, 3.8) is 0 Å². The maximum Gasteiger partial charge on any atom is 0.330 e. The molecule has 0 fully saturated rings. The van der Waals surface area contributed by atoms with E-state index in [-0.39, 0.29) is 0 Å². The number of halogens is 1. The zero-order chi connectivity index (χ0) is 11.6. The highest BCUT2D eigenvalue weighted by molar-refractivity contribution is 9.09. The minimum Gasteiger partial charge on any atom is -0.309 e. The molecule has 0 heterocycles. The van der Waals surface area contributed by atoms with E-state index in [1.807, 2.05) is 13.8 Å². The first-order valence-electron chi connectivity index (χ1n) is 5.62. The van der Waals surface area contributed by atoms with Gasteiger partial charge in [-0.3, -0.25) is 4.57 Å². The molecule has 0 aliphatic heterocycles. The van der Waals surface area contributed by atoms with Crippen molar-refractivity contribution in [2.24, 2.45) is 0 Å². The van der Waals surface area contributed by atoms with Gasteiger partial charge in [-0.2, -0.15) is 0 Å². The van der Waals surface area contributed by atoms with Crippen LogP contribution in [-0.2, 0) is 13.6 Å². The third-order valence-corrected chi connectivity index (χ3v) is 4.70. The van der Waals surface area contributed by atoms with E-state index in [1.54, 1.807) is 0 Å². The first kappa shape index (κ1) is 15.6. The molecule has 0 amide bonds. The summed E-state index contributed by atoms with van der Waals surface area (Å²) in [4.78, 5) is 0. The van der Waals surface area contributed by atoms with Gasteiger partial charge < -0.3 is 9.05 Å². The fourth-order valence-corrected chi connectivity index (χ4v) is 3.44. The van der Waals surface area contributed by atoms with E-state index in [0.717, 1.165) is 18.2 Å². The van der Waals surface area contributed by atoms with Crippen molar-refractivity contribution in [2.45, 2.75) is 39.5 Å². The summed E-state index contributed by atoms with van der Waals surface area (Å²) < 4.78 is 22.4. The molecular weight excluding hydrogens is 279 g/mol. The van der Waals surface area contributed by atoms with Gasteiger partial charge in [-0.1, -0.05) is 28.8 Å². The highest BCUT2D eigenvalue weighted by atomic mass is 79.9. The summed E-state index contributed by atoms with van der Waals surface area (Å²) in [5.41, 5.74) is 0. The molecule has 0 bridgehead atoms. The van der Waals surface area contributed by atoms with Crippen molar-refractivity contribution in [3.8, 4) is 0 Å². The smallest absolute Gasteiger partial charge is 0.309 e. The van der Waals surface area contributed by atoms with Gasteiger partial charge in [0.25, 0.3) is 0 Å². The summed E-state index contributed by atoms with van der Waals surface area (Å²) in [6.45, 7) is 4.60. The zero-order valence-corrected chi connectivity index (χ0v) is 12.2. The van der Waals surface area contributed by atoms with Crippen LogP contribution in [0.25, 0.3) is 0 Å². The van der Waals surface area contributed by atoms with Crippen LogP contribution in [0.15, 0.2) is 0 Å². The molecule has 0 rings (SSSR count). The van der Waals surface area contributed by atoms with Gasteiger partial charge in [0.1, 0.15) is 0 Å². The quantitative estimate of drug-likeness (QED) is 0.344. The largest absolute Gasteiger partial charge is 0.330 e. The summed E-state index contributed by atoms with van der Waals surface area (Å²) in [6, 6.07) is 0. The Morgan fingerprint density at radius 2 is 1.53 bits per heavy atom. The van der Waals surface area contributed by atoms with Crippen LogP contribution >= 0.6 is 23.5 Å². The maximum absolute atomic E-state index is 12.0. The second kappa shape index (κ2) is 9.83. The Bertz CT molecular complexity index is 178. The van der Waals surface area contributed by atoms with Crippen LogP contribution in [0.2, 0.25) is 0 Å². The SMILES string of the molecule is CCOP(=O)(CCCCCCBr)OCC. The van der Waals surface area contributed by atoms with E-state index in [1.165, 1.54) is 12.8 Å². The van der Waals surface area contributed by atoms with E-state index >= 15 is 0 Å². The lowest BCUT2D eigenvalue weighted by Crippen LogP contribution is -2.00. The molecule has 0 aliphatic carbocycles.